The number of rotatable bonds is 6. The molecule has 0 spiro atoms. The van der Waals surface area contributed by atoms with Crippen molar-refractivity contribution in [1.82, 2.24) is 0 Å². The highest BCUT2D eigenvalue weighted by Crippen LogP contribution is 2.31. The maximum absolute atomic E-state index is 12.4. The quantitative estimate of drug-likeness (QED) is 0.506. The monoisotopic (exact) mass is 463 g/mol. The molecular formula is C21H19BrClNO4. The van der Waals surface area contributed by atoms with Gasteiger partial charge in [0.25, 0.3) is 5.91 Å². The fourth-order valence-electron chi connectivity index (χ4n) is 2.80. The number of aliphatic hydroxyl groups excluding tert-OH is 1. The van der Waals surface area contributed by atoms with Crippen molar-refractivity contribution in [3.8, 4) is 17.1 Å². The highest BCUT2D eigenvalue weighted by molar-refractivity contribution is 9.10. The van der Waals surface area contributed by atoms with Crippen LogP contribution in [0.2, 0.25) is 5.02 Å². The van der Waals surface area contributed by atoms with Gasteiger partial charge in [0.15, 0.2) is 6.61 Å². The lowest BCUT2D eigenvalue weighted by atomic mass is 10.1. The lowest BCUT2D eigenvalue weighted by Crippen LogP contribution is -2.20. The molecule has 3 rings (SSSR count). The average Bonchev–Trinajstić information content (AvgIpc) is 3.12. The highest BCUT2D eigenvalue weighted by atomic mass is 79.9. The molecule has 0 bridgehead atoms. The van der Waals surface area contributed by atoms with Gasteiger partial charge in [-0.15, -0.1) is 0 Å². The van der Waals surface area contributed by atoms with Crippen LogP contribution in [0.3, 0.4) is 0 Å². The molecule has 7 heteroatoms. The van der Waals surface area contributed by atoms with Crippen LogP contribution in [0, 0.1) is 13.8 Å². The van der Waals surface area contributed by atoms with E-state index >= 15 is 0 Å². The first kappa shape index (κ1) is 20.5. The summed E-state index contributed by atoms with van der Waals surface area (Å²) in [5, 5.41) is 12.3. The molecule has 1 amide bonds. The molecule has 0 aliphatic heterocycles. The van der Waals surface area contributed by atoms with Gasteiger partial charge in [0.2, 0.25) is 0 Å². The van der Waals surface area contributed by atoms with Gasteiger partial charge in [0, 0.05) is 5.56 Å². The van der Waals surface area contributed by atoms with Crippen LogP contribution in [0.5, 0.6) is 5.75 Å². The molecule has 1 heterocycles. The zero-order valence-electron chi connectivity index (χ0n) is 15.4. The van der Waals surface area contributed by atoms with E-state index in [0.717, 1.165) is 21.2 Å². The summed E-state index contributed by atoms with van der Waals surface area (Å²) in [4.78, 5) is 12.4. The third-order valence-electron chi connectivity index (χ3n) is 4.06. The maximum atomic E-state index is 12.4. The van der Waals surface area contributed by atoms with Gasteiger partial charge >= 0.3 is 0 Å². The first-order valence-electron chi connectivity index (χ1n) is 8.56. The third-order valence-corrected chi connectivity index (χ3v) is 4.98. The number of carbonyl (C=O) groups excluding carboxylic acids is 1. The summed E-state index contributed by atoms with van der Waals surface area (Å²) in [6.07, 6.45) is 0. The molecule has 1 aromatic heterocycles. The molecule has 0 aliphatic carbocycles. The number of aliphatic hydroxyl groups is 1. The summed E-state index contributed by atoms with van der Waals surface area (Å²) in [6.45, 7) is 3.59. The van der Waals surface area contributed by atoms with Gasteiger partial charge in [0.1, 0.15) is 23.9 Å². The second kappa shape index (κ2) is 8.82. The Balaban J connectivity index is 1.71. The van der Waals surface area contributed by atoms with E-state index < -0.39 is 0 Å². The summed E-state index contributed by atoms with van der Waals surface area (Å²) in [7, 11) is 0. The van der Waals surface area contributed by atoms with Crippen molar-refractivity contribution in [3.63, 3.8) is 0 Å². The smallest absolute Gasteiger partial charge is 0.262 e. The van der Waals surface area contributed by atoms with Gasteiger partial charge in [-0.3, -0.25) is 4.79 Å². The van der Waals surface area contributed by atoms with Crippen molar-refractivity contribution in [2.24, 2.45) is 0 Å². The Morgan fingerprint density at radius 3 is 2.68 bits per heavy atom. The second-order valence-corrected chi connectivity index (χ2v) is 7.61. The first-order chi connectivity index (χ1) is 13.4. The van der Waals surface area contributed by atoms with Gasteiger partial charge < -0.3 is 19.6 Å². The van der Waals surface area contributed by atoms with Crippen molar-refractivity contribution in [2.75, 3.05) is 11.9 Å². The van der Waals surface area contributed by atoms with E-state index in [4.69, 9.17) is 25.9 Å². The van der Waals surface area contributed by atoms with Crippen molar-refractivity contribution >= 4 is 39.1 Å². The van der Waals surface area contributed by atoms with E-state index in [0.29, 0.717) is 28.0 Å². The number of halogens is 2. The van der Waals surface area contributed by atoms with Gasteiger partial charge in [0.05, 0.1) is 15.2 Å². The van der Waals surface area contributed by atoms with E-state index in [2.05, 4.69) is 21.2 Å². The van der Waals surface area contributed by atoms with Crippen LogP contribution in [-0.2, 0) is 11.4 Å². The Hall–Kier alpha value is -2.28. The largest absolute Gasteiger partial charge is 0.482 e. The molecule has 28 heavy (non-hydrogen) atoms. The topological polar surface area (TPSA) is 71.7 Å². The molecule has 2 N–H and O–H groups in total. The second-order valence-electron chi connectivity index (χ2n) is 6.35. The summed E-state index contributed by atoms with van der Waals surface area (Å²) >= 11 is 9.68. The number of carbonyl (C=O) groups is 1. The standard InChI is InChI=1S/C21H19BrClNO4/c1-12-7-13(2)21(16(22)8-12)27-11-20(26)24-18-9-14(3-5-17(18)23)19-6-4-15(10-25)28-19/h3-9,25H,10-11H2,1-2H3,(H,24,26). The van der Waals surface area contributed by atoms with Crippen LogP contribution >= 0.6 is 27.5 Å². The molecule has 3 aromatic rings. The van der Waals surface area contributed by atoms with Crippen LogP contribution in [-0.4, -0.2) is 17.6 Å². The highest BCUT2D eigenvalue weighted by Gasteiger charge is 2.13. The normalized spacial score (nSPS) is 10.8. The zero-order chi connectivity index (χ0) is 20.3. The van der Waals surface area contributed by atoms with Crippen molar-refractivity contribution in [1.29, 1.82) is 0 Å². The number of aryl methyl sites for hydroxylation is 2. The van der Waals surface area contributed by atoms with E-state index in [1.54, 1.807) is 30.3 Å². The summed E-state index contributed by atoms with van der Waals surface area (Å²) in [6, 6.07) is 12.5. The Morgan fingerprint density at radius 1 is 1.21 bits per heavy atom. The molecule has 0 atom stereocenters. The minimum Gasteiger partial charge on any atom is -0.482 e. The van der Waals surface area contributed by atoms with Gasteiger partial charge in [-0.1, -0.05) is 17.7 Å². The van der Waals surface area contributed by atoms with Gasteiger partial charge in [-0.05, 0) is 77.3 Å². The fourth-order valence-corrected chi connectivity index (χ4v) is 3.75. The average molecular weight is 465 g/mol. The molecule has 0 unspecified atom stereocenters. The van der Waals surface area contributed by atoms with Gasteiger partial charge in [-0.2, -0.15) is 0 Å². The van der Waals surface area contributed by atoms with Crippen molar-refractivity contribution in [3.05, 3.63) is 68.8 Å². The predicted octanol–water partition coefficient (Wildman–Crippen LogP) is 5.49. The van der Waals surface area contributed by atoms with Crippen LogP contribution in [0.1, 0.15) is 16.9 Å². The maximum Gasteiger partial charge on any atom is 0.262 e. The number of nitrogens with one attached hydrogen (secondary N) is 1. The third kappa shape index (κ3) is 4.76. The number of ether oxygens (including phenoxy) is 1. The lowest BCUT2D eigenvalue weighted by molar-refractivity contribution is -0.118. The molecule has 0 saturated heterocycles. The predicted molar refractivity (Wildman–Crippen MR) is 113 cm³/mol. The molecule has 0 fully saturated rings. The molecule has 0 saturated carbocycles. The number of hydrogen-bond donors (Lipinski definition) is 2. The van der Waals surface area contributed by atoms with E-state index in [1.165, 1.54) is 0 Å². The number of amides is 1. The Labute approximate surface area is 176 Å². The van der Waals surface area contributed by atoms with Crippen molar-refractivity contribution < 1.29 is 19.1 Å². The molecule has 2 aromatic carbocycles. The van der Waals surface area contributed by atoms with E-state index in [1.807, 2.05) is 26.0 Å². The molecule has 0 aliphatic rings. The van der Waals surface area contributed by atoms with E-state index in [9.17, 15) is 4.79 Å². The Morgan fingerprint density at radius 2 is 2.00 bits per heavy atom. The van der Waals surface area contributed by atoms with Crippen LogP contribution < -0.4 is 10.1 Å². The summed E-state index contributed by atoms with van der Waals surface area (Å²) in [5.41, 5.74) is 3.23. The first-order valence-corrected chi connectivity index (χ1v) is 9.73. The number of hydrogen-bond acceptors (Lipinski definition) is 4. The zero-order valence-corrected chi connectivity index (χ0v) is 17.7. The van der Waals surface area contributed by atoms with Gasteiger partial charge in [-0.25, -0.2) is 0 Å². The molecule has 146 valence electrons. The molecular weight excluding hydrogens is 446 g/mol. The van der Waals surface area contributed by atoms with E-state index in [-0.39, 0.29) is 19.1 Å². The lowest BCUT2D eigenvalue weighted by Gasteiger charge is -2.13. The molecule has 0 radical (unpaired) electrons. The van der Waals surface area contributed by atoms with Crippen molar-refractivity contribution in [2.45, 2.75) is 20.5 Å². The van der Waals surface area contributed by atoms with Crippen LogP contribution in [0.4, 0.5) is 5.69 Å². The molecule has 5 nitrogen and oxygen atoms in total. The summed E-state index contributed by atoms with van der Waals surface area (Å²) in [5.74, 6) is 1.34. The number of benzene rings is 2. The Bertz CT molecular complexity index is 992. The SMILES string of the molecule is Cc1cc(C)c(OCC(=O)Nc2cc(-c3ccc(CO)o3)ccc2Cl)c(Br)c1. The van der Waals surface area contributed by atoms with Crippen LogP contribution in [0.25, 0.3) is 11.3 Å². The Kier molecular flexibility index (Phi) is 6.44. The minimum atomic E-state index is -0.332. The number of furan rings is 1. The van der Waals surface area contributed by atoms with Crippen LogP contribution in [0.15, 0.2) is 51.4 Å². The number of anilines is 1. The summed E-state index contributed by atoms with van der Waals surface area (Å²) < 4.78 is 12.0. The fraction of sp³-hybridized carbons (Fsp3) is 0.190. The minimum absolute atomic E-state index is 0.154.